The predicted molar refractivity (Wildman–Crippen MR) is 138 cm³/mol. The van der Waals surface area contributed by atoms with E-state index >= 15 is 0 Å². The van der Waals surface area contributed by atoms with Crippen molar-refractivity contribution in [3.05, 3.63) is 107 Å². The zero-order valence-electron chi connectivity index (χ0n) is 20.1. The number of nitrogens with one attached hydrogen (secondary N) is 1. The predicted octanol–water partition coefficient (Wildman–Crippen LogP) is 5.76. The molecule has 10 heteroatoms. The van der Waals surface area contributed by atoms with E-state index in [4.69, 9.17) is 0 Å². The van der Waals surface area contributed by atoms with Gasteiger partial charge in [0.05, 0.1) is 0 Å². The van der Waals surface area contributed by atoms with Gasteiger partial charge in [-0.3, -0.25) is 0 Å². The molecular formula is C28H23AsF3N5O. The van der Waals surface area contributed by atoms with Crippen molar-refractivity contribution >= 4 is 27.3 Å². The molecule has 1 saturated carbocycles. The number of hydrogen-bond acceptors (Lipinski definition) is 4. The van der Waals surface area contributed by atoms with E-state index in [1.54, 1.807) is 12.3 Å². The van der Waals surface area contributed by atoms with Crippen molar-refractivity contribution in [1.29, 1.82) is 5.26 Å². The minimum absolute atomic E-state index is 0.157. The fraction of sp³-hybridized carbons (Fsp3) is 0.214. The van der Waals surface area contributed by atoms with Gasteiger partial charge in [-0.05, 0) is 0 Å². The molecule has 1 amide bonds. The van der Waals surface area contributed by atoms with E-state index in [9.17, 15) is 23.2 Å². The number of pyridine rings is 1. The molecule has 2 unspecified atom stereocenters. The fourth-order valence-corrected chi connectivity index (χ4v) is 7.84. The summed E-state index contributed by atoms with van der Waals surface area (Å²) in [6.07, 6.45) is -0.411. The van der Waals surface area contributed by atoms with Gasteiger partial charge in [-0.2, -0.15) is 5.26 Å². The Morgan fingerprint density at radius 3 is 2.63 bits per heavy atom. The molecule has 192 valence electrons. The number of hydrogen-bond donors (Lipinski definition) is 1. The van der Waals surface area contributed by atoms with Gasteiger partial charge >= 0.3 is 219 Å². The Hall–Kier alpha value is -3.89. The van der Waals surface area contributed by atoms with Crippen LogP contribution in [0, 0.1) is 17.2 Å². The van der Waals surface area contributed by atoms with Crippen LogP contribution in [0.25, 0.3) is 5.69 Å². The maximum atomic E-state index is 13.5. The van der Waals surface area contributed by atoms with Gasteiger partial charge in [-0.25, -0.2) is 0 Å². The number of aromatic nitrogens is 3. The summed E-state index contributed by atoms with van der Waals surface area (Å²) in [6.45, 7) is 0. The molecule has 6 nitrogen and oxygen atoms in total. The second kappa shape index (κ2) is 10.8. The van der Waals surface area contributed by atoms with Crippen LogP contribution < -0.4 is 5.32 Å². The zero-order valence-corrected chi connectivity index (χ0v) is 22.2. The molecule has 2 heterocycles. The van der Waals surface area contributed by atoms with Gasteiger partial charge in [0, 0.05) is 0 Å². The fourth-order valence-electron chi connectivity index (χ4n) is 4.12. The number of rotatable bonds is 8. The van der Waals surface area contributed by atoms with Gasteiger partial charge in [0.25, 0.3) is 0 Å². The third-order valence-electron chi connectivity index (χ3n) is 6.22. The molecule has 0 saturated heterocycles. The first-order valence-electron chi connectivity index (χ1n) is 12.1. The summed E-state index contributed by atoms with van der Waals surface area (Å²) in [5, 5.41) is 16.8. The quantitative estimate of drug-likeness (QED) is 0.270. The summed E-state index contributed by atoms with van der Waals surface area (Å²) in [5.41, 5.74) is 1.41. The van der Waals surface area contributed by atoms with E-state index in [1.165, 1.54) is 42.3 Å². The Balaban J connectivity index is 1.45. The zero-order chi connectivity index (χ0) is 26.7. The van der Waals surface area contributed by atoms with E-state index in [-0.39, 0.29) is 21.7 Å². The van der Waals surface area contributed by atoms with Crippen LogP contribution in [0.3, 0.4) is 0 Å². The van der Waals surface area contributed by atoms with E-state index in [2.05, 4.69) is 15.4 Å². The van der Waals surface area contributed by atoms with E-state index < -0.39 is 33.5 Å². The number of nitrogens with zero attached hydrogens (tertiary/aromatic N) is 4. The summed E-state index contributed by atoms with van der Waals surface area (Å²) in [5.74, 6) is 0.0580. The molecular weight excluding hydrogens is 554 g/mol. The topological polar surface area (TPSA) is 83.6 Å². The first kappa shape index (κ1) is 25.7. The first-order valence-corrected chi connectivity index (χ1v) is 14.7. The Labute approximate surface area is 224 Å². The number of alkyl halides is 3. The summed E-state index contributed by atoms with van der Waals surface area (Å²) in [7, 11) is 0. The van der Waals surface area contributed by atoms with Crippen molar-refractivity contribution in [3.8, 4) is 11.8 Å². The molecule has 38 heavy (non-hydrogen) atoms. The first-order chi connectivity index (χ1) is 18.3. The number of carbonyl (C=O) groups is 1. The van der Waals surface area contributed by atoms with E-state index in [1.807, 2.05) is 42.5 Å². The van der Waals surface area contributed by atoms with Crippen molar-refractivity contribution in [3.63, 3.8) is 0 Å². The van der Waals surface area contributed by atoms with Gasteiger partial charge in [-0.1, -0.05) is 0 Å². The van der Waals surface area contributed by atoms with Crippen molar-refractivity contribution in [2.75, 3.05) is 5.32 Å². The Morgan fingerprint density at radius 1 is 1.11 bits per heavy atom. The third-order valence-corrected chi connectivity index (χ3v) is 10.1. The van der Waals surface area contributed by atoms with Crippen LogP contribution in [-0.2, 0) is 6.18 Å². The Kier molecular flexibility index (Phi) is 7.35. The molecule has 1 fully saturated rings. The van der Waals surface area contributed by atoms with Gasteiger partial charge in [0.2, 0.25) is 0 Å². The summed E-state index contributed by atoms with van der Waals surface area (Å²) in [4.78, 5) is 17.8. The van der Waals surface area contributed by atoms with Gasteiger partial charge in [-0.15, -0.1) is 0 Å². The van der Waals surface area contributed by atoms with Crippen LogP contribution >= 0.6 is 0 Å². The van der Waals surface area contributed by atoms with E-state index in [0.29, 0.717) is 5.69 Å². The molecule has 0 aliphatic heterocycles. The maximum absolute atomic E-state index is 13.5. The molecule has 1 aliphatic carbocycles. The summed E-state index contributed by atoms with van der Waals surface area (Å²) >= 11 is -0.405. The summed E-state index contributed by atoms with van der Waals surface area (Å²) < 4.78 is 41.6. The molecule has 5 rings (SSSR count). The minimum atomic E-state index is -4.74. The van der Waals surface area contributed by atoms with Crippen LogP contribution in [0.4, 0.5) is 18.9 Å². The molecule has 0 radical (unpaired) electrons. The van der Waals surface area contributed by atoms with Gasteiger partial charge < -0.3 is 0 Å². The van der Waals surface area contributed by atoms with E-state index in [0.717, 1.165) is 27.9 Å². The number of anilines is 1. The van der Waals surface area contributed by atoms with Crippen molar-refractivity contribution in [2.24, 2.45) is 5.92 Å². The van der Waals surface area contributed by atoms with Crippen LogP contribution in [0.5, 0.6) is 0 Å². The molecule has 4 aromatic rings. The molecule has 1 aliphatic rings. The van der Waals surface area contributed by atoms with Crippen LogP contribution in [0.15, 0.2) is 79.0 Å². The normalized spacial score (nSPS) is 14.4. The number of benzene rings is 2. The molecule has 0 spiro atoms. The average Bonchev–Trinajstić information content (AvgIpc) is 3.63. The SMILES string of the molecule is N#Cc1cccc(-n2nc(C(F)(F)F)cc2C(=O)Nc2cccc(C([AsH]CC3CC3)c3ccccn3)c2)c1. The number of nitriles is 1. The van der Waals surface area contributed by atoms with Crippen molar-refractivity contribution < 1.29 is 18.0 Å². The Morgan fingerprint density at radius 2 is 1.92 bits per heavy atom. The van der Waals surface area contributed by atoms with Crippen LogP contribution in [0.2, 0.25) is 5.21 Å². The molecule has 2 aromatic heterocycles. The second-order valence-corrected chi connectivity index (χ2v) is 12.0. The Bertz CT molecular complexity index is 1490. The monoisotopic (exact) mass is 577 g/mol. The molecule has 2 atom stereocenters. The van der Waals surface area contributed by atoms with Crippen molar-refractivity contribution in [2.45, 2.75) is 28.9 Å². The average molecular weight is 577 g/mol. The van der Waals surface area contributed by atoms with Gasteiger partial charge in [0.15, 0.2) is 0 Å². The standard InChI is InChI=1S/C28H23AsF3N5O/c30-28(31,32)25-15-24(37(36-25)22-8-3-5-19(13-22)17-33)27(38)35-21-7-4-6-20(14-21)26(29-16-18-10-11-18)23-9-1-2-12-34-23/h1-9,12-15,18,26,29H,10-11,16H2,(H,35,38). The second-order valence-electron chi connectivity index (χ2n) is 9.11. The summed E-state index contributed by atoms with van der Waals surface area (Å²) in [6, 6.07) is 21.9. The van der Waals surface area contributed by atoms with Crippen LogP contribution in [-0.4, -0.2) is 36.4 Å². The number of halogens is 3. The number of amides is 1. The molecule has 2 aromatic carbocycles. The third kappa shape index (κ3) is 5.98. The van der Waals surface area contributed by atoms with Crippen molar-refractivity contribution in [1.82, 2.24) is 14.8 Å². The van der Waals surface area contributed by atoms with Crippen LogP contribution in [0.1, 0.15) is 50.6 Å². The van der Waals surface area contributed by atoms with Gasteiger partial charge in [0.1, 0.15) is 0 Å². The molecule has 0 bridgehead atoms. The molecule has 1 N–H and O–H groups in total. The number of carbonyl (C=O) groups excluding carboxylic acids is 1.